The van der Waals surface area contributed by atoms with Crippen LogP contribution in [0.1, 0.15) is 12.0 Å². The maximum Gasteiger partial charge on any atom is 0.268 e. The lowest BCUT2D eigenvalue weighted by Crippen LogP contribution is -2.01. The quantitative estimate of drug-likeness (QED) is 0.715. The number of alkyl halides is 2. The molecule has 0 spiro atoms. The molecule has 3 nitrogen and oxygen atoms in total. The molecular formula is C6H6ClF2N3. The molecule has 0 aromatic carbocycles. The normalized spacial score (nSPS) is 10.7. The summed E-state index contributed by atoms with van der Waals surface area (Å²) in [5.74, 6) is -0.288. The fourth-order valence-corrected chi connectivity index (χ4v) is 0.969. The van der Waals surface area contributed by atoms with Gasteiger partial charge in [-0.3, -0.25) is 0 Å². The molecule has 0 saturated carbocycles. The van der Waals surface area contributed by atoms with Gasteiger partial charge in [0.1, 0.15) is 5.82 Å². The number of rotatable bonds is 1. The molecule has 0 aliphatic heterocycles. The standard InChI is InChI=1S/C6H6ClF2N3/c7-4-2(10)1-12-6(11)3(4)5(8)9/h1,5H,10H2,(H2,11,12). The van der Waals surface area contributed by atoms with Gasteiger partial charge in [0.05, 0.1) is 22.5 Å². The Bertz CT molecular complexity index is 303. The third kappa shape index (κ3) is 1.40. The molecule has 0 fully saturated rings. The number of nitrogens with zero attached hydrogens (tertiary/aromatic N) is 1. The van der Waals surface area contributed by atoms with Crippen molar-refractivity contribution in [3.05, 3.63) is 16.8 Å². The second-order valence-electron chi connectivity index (χ2n) is 2.13. The summed E-state index contributed by atoms with van der Waals surface area (Å²) < 4.78 is 24.4. The molecule has 12 heavy (non-hydrogen) atoms. The van der Waals surface area contributed by atoms with Crippen molar-refractivity contribution in [2.75, 3.05) is 11.5 Å². The second kappa shape index (κ2) is 3.10. The molecule has 0 aliphatic rings. The lowest BCUT2D eigenvalue weighted by molar-refractivity contribution is 0.152. The summed E-state index contributed by atoms with van der Waals surface area (Å²) in [5.41, 5.74) is 9.90. The summed E-state index contributed by atoms with van der Waals surface area (Å²) >= 11 is 5.47. The highest BCUT2D eigenvalue weighted by Crippen LogP contribution is 2.33. The number of hydrogen-bond donors (Lipinski definition) is 2. The van der Waals surface area contributed by atoms with Crippen LogP contribution in [0.4, 0.5) is 20.3 Å². The minimum Gasteiger partial charge on any atom is -0.396 e. The van der Waals surface area contributed by atoms with Crippen LogP contribution in [-0.4, -0.2) is 4.98 Å². The maximum absolute atomic E-state index is 12.2. The van der Waals surface area contributed by atoms with Gasteiger partial charge in [-0.1, -0.05) is 11.6 Å². The number of aromatic nitrogens is 1. The van der Waals surface area contributed by atoms with Gasteiger partial charge in [0.25, 0.3) is 6.43 Å². The third-order valence-electron chi connectivity index (χ3n) is 1.33. The first-order valence-electron chi connectivity index (χ1n) is 3.01. The zero-order chi connectivity index (χ0) is 9.30. The van der Waals surface area contributed by atoms with Crippen molar-refractivity contribution >= 4 is 23.1 Å². The zero-order valence-corrected chi connectivity index (χ0v) is 6.65. The van der Waals surface area contributed by atoms with Crippen LogP contribution in [0, 0.1) is 0 Å². The Labute approximate surface area is 72.3 Å². The number of nitrogens with two attached hydrogens (primary N) is 2. The van der Waals surface area contributed by atoms with E-state index in [9.17, 15) is 8.78 Å². The molecule has 6 heteroatoms. The fraction of sp³-hybridized carbons (Fsp3) is 0.167. The van der Waals surface area contributed by atoms with E-state index in [0.29, 0.717) is 0 Å². The van der Waals surface area contributed by atoms with Crippen molar-refractivity contribution in [3.63, 3.8) is 0 Å². The Balaban J connectivity index is 3.33. The van der Waals surface area contributed by atoms with Crippen LogP contribution < -0.4 is 11.5 Å². The van der Waals surface area contributed by atoms with Gasteiger partial charge < -0.3 is 11.5 Å². The van der Waals surface area contributed by atoms with E-state index < -0.39 is 12.0 Å². The molecule has 0 bridgehead atoms. The zero-order valence-electron chi connectivity index (χ0n) is 5.89. The Morgan fingerprint density at radius 3 is 2.42 bits per heavy atom. The molecule has 0 amide bonds. The van der Waals surface area contributed by atoms with Crippen molar-refractivity contribution in [1.29, 1.82) is 0 Å². The number of pyridine rings is 1. The molecule has 1 heterocycles. The van der Waals surface area contributed by atoms with Gasteiger partial charge in [-0.2, -0.15) is 0 Å². The highest BCUT2D eigenvalue weighted by Gasteiger charge is 2.18. The summed E-state index contributed by atoms with van der Waals surface area (Å²) in [7, 11) is 0. The van der Waals surface area contributed by atoms with Crippen molar-refractivity contribution in [2.45, 2.75) is 6.43 Å². The van der Waals surface area contributed by atoms with Crippen molar-refractivity contribution in [1.82, 2.24) is 4.98 Å². The lowest BCUT2D eigenvalue weighted by atomic mass is 10.2. The average molecular weight is 194 g/mol. The largest absolute Gasteiger partial charge is 0.396 e. The number of anilines is 2. The van der Waals surface area contributed by atoms with Crippen LogP contribution in [0.3, 0.4) is 0 Å². The predicted molar refractivity (Wildman–Crippen MR) is 43.0 cm³/mol. The van der Waals surface area contributed by atoms with E-state index in [0.717, 1.165) is 6.20 Å². The molecule has 1 aromatic heterocycles. The van der Waals surface area contributed by atoms with Crippen molar-refractivity contribution in [2.24, 2.45) is 0 Å². The van der Waals surface area contributed by atoms with Crippen molar-refractivity contribution in [3.8, 4) is 0 Å². The number of hydrogen-bond acceptors (Lipinski definition) is 3. The van der Waals surface area contributed by atoms with E-state index in [4.69, 9.17) is 23.1 Å². The Morgan fingerprint density at radius 2 is 2.00 bits per heavy atom. The maximum atomic E-state index is 12.2. The molecule has 0 radical (unpaired) electrons. The van der Waals surface area contributed by atoms with Gasteiger partial charge in [-0.25, -0.2) is 13.8 Å². The van der Waals surface area contributed by atoms with Crippen LogP contribution in [0.25, 0.3) is 0 Å². The van der Waals surface area contributed by atoms with Gasteiger partial charge in [-0.15, -0.1) is 0 Å². The summed E-state index contributed by atoms with van der Waals surface area (Å²) in [6, 6.07) is 0. The van der Waals surface area contributed by atoms with Gasteiger partial charge in [0.15, 0.2) is 0 Å². The Kier molecular flexibility index (Phi) is 2.32. The van der Waals surface area contributed by atoms with Gasteiger partial charge >= 0.3 is 0 Å². The minimum atomic E-state index is -2.76. The molecule has 1 rings (SSSR count). The van der Waals surface area contributed by atoms with Crippen molar-refractivity contribution < 1.29 is 8.78 Å². The highest BCUT2D eigenvalue weighted by atomic mass is 35.5. The molecule has 0 saturated heterocycles. The monoisotopic (exact) mass is 193 g/mol. The average Bonchev–Trinajstić information content (AvgIpc) is 1.97. The van der Waals surface area contributed by atoms with E-state index in [2.05, 4.69) is 4.98 Å². The van der Waals surface area contributed by atoms with Crippen LogP contribution in [0.5, 0.6) is 0 Å². The van der Waals surface area contributed by atoms with Crippen LogP contribution in [-0.2, 0) is 0 Å². The molecule has 66 valence electrons. The summed E-state index contributed by atoms with van der Waals surface area (Å²) in [5, 5.41) is -0.225. The highest BCUT2D eigenvalue weighted by molar-refractivity contribution is 6.34. The predicted octanol–water partition coefficient (Wildman–Crippen LogP) is 1.84. The fourth-order valence-electron chi connectivity index (χ4n) is 0.741. The van der Waals surface area contributed by atoms with Gasteiger partial charge in [-0.05, 0) is 0 Å². The molecule has 1 aromatic rings. The van der Waals surface area contributed by atoms with Crippen LogP contribution in [0.2, 0.25) is 5.02 Å². The Hall–Kier alpha value is -1.10. The third-order valence-corrected chi connectivity index (χ3v) is 1.75. The van der Waals surface area contributed by atoms with E-state index in [1.165, 1.54) is 0 Å². The first kappa shape index (κ1) is 8.99. The second-order valence-corrected chi connectivity index (χ2v) is 2.51. The Morgan fingerprint density at radius 1 is 1.42 bits per heavy atom. The number of nitrogen functional groups attached to an aromatic ring is 2. The SMILES string of the molecule is Nc1cnc(N)c(C(F)F)c1Cl. The van der Waals surface area contributed by atoms with Gasteiger partial charge in [0, 0.05) is 0 Å². The molecule has 0 atom stereocenters. The lowest BCUT2D eigenvalue weighted by Gasteiger charge is -2.07. The van der Waals surface area contributed by atoms with Crippen LogP contribution >= 0.6 is 11.6 Å². The topological polar surface area (TPSA) is 64.9 Å². The van der Waals surface area contributed by atoms with E-state index in [1.54, 1.807) is 0 Å². The van der Waals surface area contributed by atoms with E-state index in [-0.39, 0.29) is 16.5 Å². The first-order valence-corrected chi connectivity index (χ1v) is 3.39. The molecule has 0 aliphatic carbocycles. The molecule has 0 unspecified atom stereocenters. The summed E-state index contributed by atoms with van der Waals surface area (Å²) in [6.45, 7) is 0. The summed E-state index contributed by atoms with van der Waals surface area (Å²) in [4.78, 5) is 3.45. The molecular weight excluding hydrogens is 188 g/mol. The van der Waals surface area contributed by atoms with E-state index >= 15 is 0 Å². The number of halogens is 3. The van der Waals surface area contributed by atoms with Crippen LogP contribution in [0.15, 0.2) is 6.20 Å². The first-order chi connectivity index (χ1) is 5.54. The minimum absolute atomic E-state index is 0.00108. The molecule has 4 N–H and O–H groups in total. The summed E-state index contributed by atoms with van der Waals surface area (Å²) in [6.07, 6.45) is -1.61. The van der Waals surface area contributed by atoms with E-state index in [1.807, 2.05) is 0 Å². The smallest absolute Gasteiger partial charge is 0.268 e. The van der Waals surface area contributed by atoms with Gasteiger partial charge in [0.2, 0.25) is 0 Å².